The van der Waals surface area contributed by atoms with Gasteiger partial charge in [-0.15, -0.1) is 0 Å². The van der Waals surface area contributed by atoms with Crippen molar-refractivity contribution in [1.82, 2.24) is 4.98 Å². The number of carbonyl (C=O) groups is 3. The van der Waals surface area contributed by atoms with Crippen LogP contribution in [0.2, 0.25) is 5.02 Å². The molecule has 0 fully saturated rings. The van der Waals surface area contributed by atoms with Crippen LogP contribution in [-0.4, -0.2) is 40.7 Å². The molecule has 1 aromatic heterocycles. The van der Waals surface area contributed by atoms with Crippen molar-refractivity contribution in [3.8, 4) is 0 Å². The summed E-state index contributed by atoms with van der Waals surface area (Å²) in [6, 6.07) is 0. The Bertz CT molecular complexity index is 763. The number of halogens is 1. The Morgan fingerprint density at radius 2 is 1.41 bits per heavy atom. The predicted molar refractivity (Wildman–Crippen MR) is 100.0 cm³/mol. The number of carbonyl (C=O) groups excluding carboxylic acids is 3. The highest BCUT2D eigenvalue weighted by Gasteiger charge is 2.34. The molecule has 1 heterocycles. The zero-order valence-electron chi connectivity index (χ0n) is 16.6. The molecule has 1 aromatic rings. The van der Waals surface area contributed by atoms with Crippen LogP contribution in [0.15, 0.2) is 0 Å². The number of esters is 3. The van der Waals surface area contributed by atoms with Gasteiger partial charge in [0, 0.05) is 0 Å². The molecule has 0 bridgehead atoms. The minimum absolute atomic E-state index is 0.0392. The number of hydrogen-bond acceptors (Lipinski definition) is 8. The van der Waals surface area contributed by atoms with Crippen LogP contribution in [-0.2, 0) is 14.2 Å². The lowest BCUT2D eigenvalue weighted by Crippen LogP contribution is -2.29. The van der Waals surface area contributed by atoms with E-state index in [2.05, 4.69) is 4.98 Å². The Kier molecular flexibility index (Phi) is 6.83. The summed E-state index contributed by atoms with van der Waals surface area (Å²) in [6.07, 6.45) is 0. The topological polar surface area (TPSA) is 118 Å². The van der Waals surface area contributed by atoms with E-state index < -0.39 is 45.4 Å². The monoisotopic (exact) mass is 400 g/mol. The van der Waals surface area contributed by atoms with Crippen molar-refractivity contribution in [2.24, 2.45) is 0 Å². The first-order valence-corrected chi connectivity index (χ1v) is 8.68. The van der Waals surface area contributed by atoms with E-state index in [1.54, 1.807) is 48.5 Å². The third-order valence-corrected chi connectivity index (χ3v) is 3.21. The molecule has 9 heteroatoms. The number of aromatic nitrogens is 1. The third-order valence-electron chi connectivity index (χ3n) is 2.84. The number of ether oxygens (including phenoxy) is 3. The quantitative estimate of drug-likeness (QED) is 0.603. The smallest absolute Gasteiger partial charge is 0.359 e. The van der Waals surface area contributed by atoms with Gasteiger partial charge >= 0.3 is 17.9 Å². The normalized spacial score (nSPS) is 11.7. The van der Waals surface area contributed by atoms with Gasteiger partial charge in [-0.05, 0) is 48.5 Å². The van der Waals surface area contributed by atoms with E-state index in [-0.39, 0.29) is 18.0 Å². The molecule has 0 aliphatic carbocycles. The molecule has 0 atom stereocenters. The van der Waals surface area contributed by atoms with Crippen molar-refractivity contribution < 1.29 is 28.6 Å². The summed E-state index contributed by atoms with van der Waals surface area (Å²) in [6.45, 7) is 11.5. The molecule has 0 aromatic carbocycles. The van der Waals surface area contributed by atoms with Crippen LogP contribution in [0.4, 0.5) is 5.82 Å². The zero-order chi connectivity index (χ0) is 21.2. The van der Waals surface area contributed by atoms with E-state index in [1.165, 1.54) is 0 Å². The molecule has 0 saturated heterocycles. The van der Waals surface area contributed by atoms with Crippen molar-refractivity contribution >= 4 is 35.3 Å². The maximum absolute atomic E-state index is 12.7. The van der Waals surface area contributed by atoms with Crippen molar-refractivity contribution in [1.29, 1.82) is 0 Å². The Morgan fingerprint density at radius 3 is 1.85 bits per heavy atom. The first kappa shape index (κ1) is 22.7. The molecule has 0 amide bonds. The minimum Gasteiger partial charge on any atom is -0.462 e. The molecule has 8 nitrogen and oxygen atoms in total. The van der Waals surface area contributed by atoms with E-state index in [4.69, 9.17) is 31.5 Å². The Balaban J connectivity index is 3.64. The van der Waals surface area contributed by atoms with Crippen LogP contribution < -0.4 is 5.73 Å². The number of anilines is 1. The van der Waals surface area contributed by atoms with E-state index in [0.717, 1.165) is 0 Å². The highest BCUT2D eigenvalue weighted by molar-refractivity contribution is 6.37. The number of nitrogen functional groups attached to an aromatic ring is 1. The maximum Gasteiger partial charge on any atom is 0.359 e. The summed E-state index contributed by atoms with van der Waals surface area (Å²) in [5.74, 6) is -3.12. The molecule has 0 aliphatic heterocycles. The van der Waals surface area contributed by atoms with Crippen LogP contribution in [0.3, 0.4) is 0 Å². The fourth-order valence-electron chi connectivity index (χ4n) is 1.97. The zero-order valence-corrected chi connectivity index (χ0v) is 17.3. The number of hydrogen-bond donors (Lipinski definition) is 1. The van der Waals surface area contributed by atoms with E-state index >= 15 is 0 Å². The standard InChI is InChI=1S/C18H25ClN2O6/c1-8-25-14(22)10-9(15(23)26-17(2,3)4)11(19)12(21-13(10)20)16(24)27-18(5,6)7/h8H2,1-7H3,(H2,20,21). The van der Waals surface area contributed by atoms with Gasteiger partial charge in [0.25, 0.3) is 0 Å². The summed E-state index contributed by atoms with van der Waals surface area (Å²) in [5, 5.41) is -0.393. The van der Waals surface area contributed by atoms with Gasteiger partial charge in [-0.25, -0.2) is 19.4 Å². The van der Waals surface area contributed by atoms with Crippen molar-refractivity contribution in [2.45, 2.75) is 59.7 Å². The second-order valence-electron chi connectivity index (χ2n) is 7.63. The van der Waals surface area contributed by atoms with E-state index in [1.807, 2.05) is 0 Å². The van der Waals surface area contributed by atoms with Crippen molar-refractivity contribution in [3.05, 3.63) is 21.8 Å². The second-order valence-corrected chi connectivity index (χ2v) is 8.01. The molecule has 150 valence electrons. The number of pyridine rings is 1. The number of rotatable bonds is 4. The largest absolute Gasteiger partial charge is 0.462 e. The lowest BCUT2D eigenvalue weighted by molar-refractivity contribution is 0.00624. The SMILES string of the molecule is CCOC(=O)c1c(N)nc(C(=O)OC(C)(C)C)c(Cl)c1C(=O)OC(C)(C)C. The summed E-state index contributed by atoms with van der Waals surface area (Å²) < 4.78 is 15.5. The number of nitrogens with zero attached hydrogens (tertiary/aromatic N) is 1. The van der Waals surface area contributed by atoms with Crippen LogP contribution in [0, 0.1) is 0 Å². The lowest BCUT2D eigenvalue weighted by atomic mass is 10.1. The van der Waals surface area contributed by atoms with E-state index in [0.29, 0.717) is 0 Å². The van der Waals surface area contributed by atoms with Crippen molar-refractivity contribution in [3.63, 3.8) is 0 Å². The minimum atomic E-state index is -0.936. The van der Waals surface area contributed by atoms with E-state index in [9.17, 15) is 14.4 Å². The first-order valence-electron chi connectivity index (χ1n) is 8.30. The third kappa shape index (κ3) is 6.09. The fourth-order valence-corrected chi connectivity index (χ4v) is 2.27. The summed E-state index contributed by atoms with van der Waals surface area (Å²) in [7, 11) is 0. The average molecular weight is 401 g/mol. The summed E-state index contributed by atoms with van der Waals surface area (Å²) in [4.78, 5) is 41.2. The first-order chi connectivity index (χ1) is 12.2. The highest BCUT2D eigenvalue weighted by Crippen LogP contribution is 2.31. The molecule has 2 N–H and O–H groups in total. The Hall–Kier alpha value is -2.35. The van der Waals surface area contributed by atoms with Gasteiger partial charge in [0.2, 0.25) is 0 Å². The van der Waals surface area contributed by atoms with Crippen LogP contribution in [0.5, 0.6) is 0 Å². The van der Waals surface area contributed by atoms with Gasteiger partial charge in [0.05, 0.1) is 17.2 Å². The van der Waals surface area contributed by atoms with Gasteiger partial charge in [0.15, 0.2) is 5.69 Å². The average Bonchev–Trinajstić information content (AvgIpc) is 2.45. The molecule has 0 saturated carbocycles. The Morgan fingerprint density at radius 1 is 0.926 bits per heavy atom. The van der Waals surface area contributed by atoms with Gasteiger partial charge in [-0.2, -0.15) is 0 Å². The molecular formula is C18H25ClN2O6. The van der Waals surface area contributed by atoms with Gasteiger partial charge in [0.1, 0.15) is 22.6 Å². The predicted octanol–water partition coefficient (Wildman–Crippen LogP) is 3.40. The Labute approximate surface area is 163 Å². The number of nitrogens with two attached hydrogens (primary N) is 1. The molecular weight excluding hydrogens is 376 g/mol. The van der Waals surface area contributed by atoms with Crippen LogP contribution in [0.1, 0.15) is 79.7 Å². The van der Waals surface area contributed by atoms with Gasteiger partial charge in [-0.1, -0.05) is 11.6 Å². The van der Waals surface area contributed by atoms with Gasteiger partial charge < -0.3 is 19.9 Å². The van der Waals surface area contributed by atoms with Crippen LogP contribution >= 0.6 is 11.6 Å². The lowest BCUT2D eigenvalue weighted by Gasteiger charge is -2.23. The molecule has 1 rings (SSSR count). The fraction of sp³-hybridized carbons (Fsp3) is 0.556. The molecule has 27 heavy (non-hydrogen) atoms. The molecule has 0 unspecified atom stereocenters. The summed E-state index contributed by atoms with van der Waals surface area (Å²) >= 11 is 6.25. The second kappa shape index (κ2) is 8.12. The van der Waals surface area contributed by atoms with Crippen molar-refractivity contribution in [2.75, 3.05) is 12.3 Å². The van der Waals surface area contributed by atoms with Crippen LogP contribution in [0.25, 0.3) is 0 Å². The highest BCUT2D eigenvalue weighted by atomic mass is 35.5. The molecule has 0 spiro atoms. The molecule has 0 radical (unpaired) electrons. The molecule has 0 aliphatic rings. The maximum atomic E-state index is 12.7. The van der Waals surface area contributed by atoms with Gasteiger partial charge in [-0.3, -0.25) is 0 Å². The summed E-state index contributed by atoms with van der Waals surface area (Å²) in [5.41, 5.74) is 2.99.